The molecular formula is C21H21ClN6O. The summed E-state index contributed by atoms with van der Waals surface area (Å²) in [6, 6.07) is 13.3. The van der Waals surface area contributed by atoms with Crippen LogP contribution in [0.25, 0.3) is 16.9 Å². The van der Waals surface area contributed by atoms with Crippen molar-refractivity contribution in [1.29, 1.82) is 0 Å². The van der Waals surface area contributed by atoms with Gasteiger partial charge in [0.2, 0.25) is 0 Å². The van der Waals surface area contributed by atoms with E-state index >= 15 is 0 Å². The Balaban J connectivity index is 1.50. The number of aromatic nitrogens is 5. The van der Waals surface area contributed by atoms with Gasteiger partial charge in [0.05, 0.1) is 21.7 Å². The molecule has 0 spiro atoms. The van der Waals surface area contributed by atoms with Crippen molar-refractivity contribution in [3.8, 4) is 5.82 Å². The number of aryl methyl sites for hydroxylation is 3. The first kappa shape index (κ1) is 19.1. The Morgan fingerprint density at radius 3 is 2.66 bits per heavy atom. The number of amides is 1. The molecule has 0 saturated carbocycles. The second-order valence-corrected chi connectivity index (χ2v) is 7.30. The SMILES string of the molecule is Cc1cc(C)n(-c2ccc(Cl)c(C(=O)NCCn3c(C)nc4ccccc43)n2)n1. The van der Waals surface area contributed by atoms with Crippen LogP contribution in [-0.2, 0) is 6.54 Å². The third kappa shape index (κ3) is 3.73. The molecule has 0 aliphatic rings. The standard InChI is InChI=1S/C21H21ClN6O/c1-13-12-14(2)28(26-13)19-9-8-16(22)20(25-19)21(29)23-10-11-27-15(3)24-17-6-4-5-7-18(17)27/h4-9,12H,10-11H2,1-3H3,(H,23,29). The molecule has 8 heteroatoms. The predicted octanol–water partition coefficient (Wildman–Crippen LogP) is 3.63. The summed E-state index contributed by atoms with van der Waals surface area (Å²) >= 11 is 6.24. The minimum atomic E-state index is -0.319. The van der Waals surface area contributed by atoms with E-state index in [4.69, 9.17) is 11.6 Å². The van der Waals surface area contributed by atoms with Gasteiger partial charge in [-0.3, -0.25) is 4.79 Å². The lowest BCUT2D eigenvalue weighted by atomic mass is 10.3. The summed E-state index contributed by atoms with van der Waals surface area (Å²) in [5.41, 5.74) is 3.99. The van der Waals surface area contributed by atoms with E-state index in [0.29, 0.717) is 23.9 Å². The number of para-hydroxylation sites is 2. The number of imidazole rings is 1. The lowest BCUT2D eigenvalue weighted by molar-refractivity contribution is 0.0947. The van der Waals surface area contributed by atoms with Crippen molar-refractivity contribution in [1.82, 2.24) is 29.6 Å². The van der Waals surface area contributed by atoms with Gasteiger partial charge in [-0.1, -0.05) is 23.7 Å². The van der Waals surface area contributed by atoms with Gasteiger partial charge in [0, 0.05) is 18.8 Å². The van der Waals surface area contributed by atoms with Crippen LogP contribution in [0.15, 0.2) is 42.5 Å². The fourth-order valence-corrected chi connectivity index (χ4v) is 3.60. The van der Waals surface area contributed by atoms with Gasteiger partial charge in [0.1, 0.15) is 11.5 Å². The zero-order valence-corrected chi connectivity index (χ0v) is 17.2. The average Bonchev–Trinajstić information content (AvgIpc) is 3.20. The van der Waals surface area contributed by atoms with Crippen LogP contribution in [-0.4, -0.2) is 36.8 Å². The van der Waals surface area contributed by atoms with Crippen LogP contribution in [0.4, 0.5) is 0 Å². The number of nitrogens with one attached hydrogen (secondary N) is 1. The highest BCUT2D eigenvalue weighted by Gasteiger charge is 2.15. The van der Waals surface area contributed by atoms with Crippen LogP contribution in [0.1, 0.15) is 27.7 Å². The maximum atomic E-state index is 12.7. The third-order valence-corrected chi connectivity index (χ3v) is 5.04. The van der Waals surface area contributed by atoms with Gasteiger partial charge in [-0.15, -0.1) is 0 Å². The number of hydrogen-bond acceptors (Lipinski definition) is 4. The third-order valence-electron chi connectivity index (χ3n) is 4.74. The highest BCUT2D eigenvalue weighted by atomic mass is 35.5. The largest absolute Gasteiger partial charge is 0.349 e. The molecule has 0 bridgehead atoms. The number of benzene rings is 1. The van der Waals surface area contributed by atoms with E-state index < -0.39 is 0 Å². The average molecular weight is 409 g/mol. The number of hydrogen-bond donors (Lipinski definition) is 1. The number of carbonyl (C=O) groups excluding carboxylic acids is 1. The number of carbonyl (C=O) groups is 1. The van der Waals surface area contributed by atoms with Gasteiger partial charge < -0.3 is 9.88 Å². The summed E-state index contributed by atoms with van der Waals surface area (Å²) < 4.78 is 3.78. The molecule has 148 valence electrons. The number of pyridine rings is 1. The molecule has 4 rings (SSSR count). The molecule has 0 atom stereocenters. The lowest BCUT2D eigenvalue weighted by Crippen LogP contribution is -2.28. The van der Waals surface area contributed by atoms with Crippen LogP contribution >= 0.6 is 11.6 Å². The van der Waals surface area contributed by atoms with Gasteiger partial charge >= 0.3 is 0 Å². The summed E-state index contributed by atoms with van der Waals surface area (Å²) in [5, 5.41) is 7.62. The topological polar surface area (TPSA) is 77.6 Å². The van der Waals surface area contributed by atoms with Crippen LogP contribution in [0.2, 0.25) is 5.02 Å². The zero-order valence-electron chi connectivity index (χ0n) is 16.5. The molecule has 0 unspecified atom stereocenters. The Morgan fingerprint density at radius 2 is 1.90 bits per heavy atom. The first-order chi connectivity index (χ1) is 13.9. The normalized spacial score (nSPS) is 11.2. The van der Waals surface area contributed by atoms with E-state index in [2.05, 4.69) is 25.0 Å². The van der Waals surface area contributed by atoms with Gasteiger partial charge in [0.15, 0.2) is 5.82 Å². The quantitative estimate of drug-likeness (QED) is 0.547. The van der Waals surface area contributed by atoms with E-state index in [-0.39, 0.29) is 11.6 Å². The molecule has 0 fully saturated rings. The highest BCUT2D eigenvalue weighted by molar-refractivity contribution is 6.33. The van der Waals surface area contributed by atoms with E-state index in [1.807, 2.05) is 51.1 Å². The van der Waals surface area contributed by atoms with E-state index in [1.54, 1.807) is 16.8 Å². The summed E-state index contributed by atoms with van der Waals surface area (Å²) in [7, 11) is 0. The van der Waals surface area contributed by atoms with Crippen molar-refractivity contribution in [2.75, 3.05) is 6.54 Å². The Kier molecular flexibility index (Phi) is 5.07. The van der Waals surface area contributed by atoms with Crippen molar-refractivity contribution < 1.29 is 4.79 Å². The minimum Gasteiger partial charge on any atom is -0.349 e. The molecule has 0 radical (unpaired) electrons. The van der Waals surface area contributed by atoms with Crippen LogP contribution < -0.4 is 5.32 Å². The predicted molar refractivity (Wildman–Crippen MR) is 113 cm³/mol. The molecule has 7 nitrogen and oxygen atoms in total. The molecular weight excluding hydrogens is 388 g/mol. The van der Waals surface area contributed by atoms with Crippen molar-refractivity contribution in [3.05, 3.63) is 70.4 Å². The Bertz CT molecular complexity index is 1210. The van der Waals surface area contributed by atoms with Gasteiger partial charge in [0.25, 0.3) is 5.91 Å². The molecule has 1 aromatic carbocycles. The number of nitrogens with zero attached hydrogens (tertiary/aromatic N) is 5. The Labute approximate surface area is 173 Å². The summed E-state index contributed by atoms with van der Waals surface area (Å²) in [5.74, 6) is 1.14. The first-order valence-electron chi connectivity index (χ1n) is 9.34. The number of halogens is 1. The van der Waals surface area contributed by atoms with Crippen molar-refractivity contribution in [2.24, 2.45) is 0 Å². The molecule has 3 heterocycles. The van der Waals surface area contributed by atoms with Crippen LogP contribution in [0.3, 0.4) is 0 Å². The molecule has 1 amide bonds. The van der Waals surface area contributed by atoms with Gasteiger partial charge in [-0.25, -0.2) is 14.6 Å². The van der Waals surface area contributed by atoms with E-state index in [9.17, 15) is 4.79 Å². The zero-order chi connectivity index (χ0) is 20.5. The molecule has 1 N–H and O–H groups in total. The van der Waals surface area contributed by atoms with E-state index in [0.717, 1.165) is 28.2 Å². The lowest BCUT2D eigenvalue weighted by Gasteiger charge is -2.10. The molecule has 3 aromatic heterocycles. The highest BCUT2D eigenvalue weighted by Crippen LogP contribution is 2.18. The van der Waals surface area contributed by atoms with Crippen molar-refractivity contribution in [3.63, 3.8) is 0 Å². The molecule has 4 aromatic rings. The Hall–Kier alpha value is -3.19. The number of rotatable bonds is 5. The van der Waals surface area contributed by atoms with Gasteiger partial charge in [-0.2, -0.15) is 5.10 Å². The number of fused-ring (bicyclic) bond motifs is 1. The second-order valence-electron chi connectivity index (χ2n) is 6.89. The van der Waals surface area contributed by atoms with Crippen LogP contribution in [0.5, 0.6) is 0 Å². The molecule has 0 saturated heterocycles. The summed E-state index contributed by atoms with van der Waals surface area (Å²) in [6.07, 6.45) is 0. The second kappa shape index (κ2) is 7.67. The summed E-state index contributed by atoms with van der Waals surface area (Å²) in [4.78, 5) is 21.7. The van der Waals surface area contributed by atoms with Gasteiger partial charge in [-0.05, 0) is 51.1 Å². The minimum absolute atomic E-state index is 0.184. The molecule has 0 aliphatic carbocycles. The monoisotopic (exact) mass is 408 g/mol. The van der Waals surface area contributed by atoms with Crippen molar-refractivity contribution in [2.45, 2.75) is 27.3 Å². The Morgan fingerprint density at radius 1 is 1.10 bits per heavy atom. The first-order valence-corrected chi connectivity index (χ1v) is 9.72. The fourth-order valence-electron chi connectivity index (χ4n) is 3.41. The van der Waals surface area contributed by atoms with E-state index in [1.165, 1.54) is 0 Å². The molecule has 29 heavy (non-hydrogen) atoms. The maximum absolute atomic E-state index is 12.7. The van der Waals surface area contributed by atoms with Crippen LogP contribution in [0, 0.1) is 20.8 Å². The fraction of sp³-hybridized carbons (Fsp3) is 0.238. The smallest absolute Gasteiger partial charge is 0.271 e. The molecule has 0 aliphatic heterocycles. The summed E-state index contributed by atoms with van der Waals surface area (Å²) in [6.45, 7) is 6.84. The maximum Gasteiger partial charge on any atom is 0.271 e. The van der Waals surface area contributed by atoms with Crippen molar-refractivity contribution >= 4 is 28.5 Å².